The van der Waals surface area contributed by atoms with Gasteiger partial charge >= 0.3 is 11.9 Å². The minimum Gasteiger partial charge on any atom is -0.463 e. The van der Waals surface area contributed by atoms with E-state index in [4.69, 9.17) is 14.2 Å². The molecule has 1 unspecified atom stereocenters. The van der Waals surface area contributed by atoms with Crippen molar-refractivity contribution in [1.29, 1.82) is 0 Å². The summed E-state index contributed by atoms with van der Waals surface area (Å²) in [5.74, 6) is -2.20. The van der Waals surface area contributed by atoms with E-state index in [1.165, 1.54) is 23.8 Å². The Kier molecular flexibility index (Phi) is 10.6. The molecule has 1 N–H and O–H groups in total. The standard InChI is InChI=1S/C32H34N4O7/c1-4-42-31(37)28-22(2)34-23(3)29(30(28)26-8-5-9-27(19-26)36(39)40)32(38)43-18-17-41-16-6-7-24-10-12-25(13-11-24)20-35-15-14-33-21-35/h5-15,19,21,30,34H,4,16-18,20H2,1-3H3. The van der Waals surface area contributed by atoms with E-state index in [-0.39, 0.29) is 36.7 Å². The molecule has 0 fully saturated rings. The van der Waals surface area contributed by atoms with Crippen LogP contribution in [0.4, 0.5) is 5.69 Å². The van der Waals surface area contributed by atoms with Crippen molar-refractivity contribution in [3.05, 3.63) is 123 Å². The molecule has 1 aliphatic rings. The van der Waals surface area contributed by atoms with E-state index in [1.807, 2.05) is 35.0 Å². The molecule has 0 radical (unpaired) electrons. The lowest BCUT2D eigenvalue weighted by atomic mass is 9.80. The van der Waals surface area contributed by atoms with Gasteiger partial charge in [-0.3, -0.25) is 10.1 Å². The number of benzene rings is 2. The van der Waals surface area contributed by atoms with Gasteiger partial charge in [-0.15, -0.1) is 0 Å². The van der Waals surface area contributed by atoms with Crippen LogP contribution in [-0.4, -0.2) is 52.8 Å². The first-order valence-corrected chi connectivity index (χ1v) is 13.8. The van der Waals surface area contributed by atoms with E-state index in [1.54, 1.807) is 39.4 Å². The first-order valence-electron chi connectivity index (χ1n) is 13.8. The third-order valence-electron chi connectivity index (χ3n) is 6.78. The highest BCUT2D eigenvalue weighted by atomic mass is 16.6. The summed E-state index contributed by atoms with van der Waals surface area (Å²) in [7, 11) is 0. The Hall–Kier alpha value is -5.03. The van der Waals surface area contributed by atoms with Crippen molar-refractivity contribution < 1.29 is 28.7 Å². The number of nitro groups is 1. The molecule has 11 heteroatoms. The number of aromatic nitrogens is 2. The summed E-state index contributed by atoms with van der Waals surface area (Å²) in [5, 5.41) is 14.5. The van der Waals surface area contributed by atoms with Gasteiger partial charge in [0, 0.05) is 42.5 Å². The van der Waals surface area contributed by atoms with Crippen LogP contribution in [-0.2, 0) is 30.3 Å². The predicted molar refractivity (Wildman–Crippen MR) is 160 cm³/mol. The topological polar surface area (TPSA) is 135 Å². The molecular weight excluding hydrogens is 552 g/mol. The lowest BCUT2D eigenvalue weighted by molar-refractivity contribution is -0.384. The molecule has 1 aromatic heterocycles. The largest absolute Gasteiger partial charge is 0.463 e. The maximum Gasteiger partial charge on any atom is 0.336 e. The minimum atomic E-state index is -0.914. The van der Waals surface area contributed by atoms with Crippen molar-refractivity contribution >= 4 is 23.7 Å². The molecule has 4 rings (SSSR count). The van der Waals surface area contributed by atoms with Crippen LogP contribution in [0.1, 0.15) is 43.4 Å². The minimum absolute atomic E-state index is 0.0223. The van der Waals surface area contributed by atoms with Crippen LogP contribution < -0.4 is 5.32 Å². The summed E-state index contributed by atoms with van der Waals surface area (Å²) in [6.07, 6.45) is 9.27. The number of hydrogen-bond donors (Lipinski definition) is 1. The molecule has 0 spiro atoms. The maximum absolute atomic E-state index is 13.3. The number of esters is 2. The van der Waals surface area contributed by atoms with Gasteiger partial charge in [-0.05, 0) is 37.5 Å². The average Bonchev–Trinajstić information content (AvgIpc) is 3.50. The van der Waals surface area contributed by atoms with Crippen LogP contribution in [0.2, 0.25) is 0 Å². The molecule has 224 valence electrons. The SMILES string of the molecule is CCOC(=O)C1=C(C)NC(C)=C(C(=O)OCCOCC=Cc2ccc(Cn3ccnc3)cc2)C1c1cccc([N+](=O)[O-])c1. The van der Waals surface area contributed by atoms with Gasteiger partial charge in [0.05, 0.1) is 48.1 Å². The molecule has 1 aliphatic heterocycles. The Bertz CT molecular complexity index is 1540. The Labute approximate surface area is 249 Å². The number of hydrogen-bond acceptors (Lipinski definition) is 9. The van der Waals surface area contributed by atoms with E-state index in [9.17, 15) is 19.7 Å². The molecule has 0 saturated carbocycles. The van der Waals surface area contributed by atoms with Gasteiger partial charge in [-0.1, -0.05) is 48.6 Å². The van der Waals surface area contributed by atoms with Crippen molar-refractivity contribution in [1.82, 2.24) is 14.9 Å². The van der Waals surface area contributed by atoms with Crippen LogP contribution in [0.3, 0.4) is 0 Å². The van der Waals surface area contributed by atoms with Crippen LogP contribution >= 0.6 is 0 Å². The number of rotatable bonds is 13. The number of nitrogens with one attached hydrogen (secondary N) is 1. The summed E-state index contributed by atoms with van der Waals surface area (Å²) in [4.78, 5) is 41.3. The van der Waals surface area contributed by atoms with Gasteiger partial charge in [-0.25, -0.2) is 14.6 Å². The van der Waals surface area contributed by atoms with Crippen molar-refractivity contribution in [3.63, 3.8) is 0 Å². The molecule has 0 aliphatic carbocycles. The zero-order valence-electron chi connectivity index (χ0n) is 24.3. The van der Waals surface area contributed by atoms with Gasteiger partial charge in [0.2, 0.25) is 0 Å². The van der Waals surface area contributed by atoms with Crippen molar-refractivity contribution in [2.75, 3.05) is 26.4 Å². The quantitative estimate of drug-likeness (QED) is 0.128. The summed E-state index contributed by atoms with van der Waals surface area (Å²) in [6, 6.07) is 14.0. The van der Waals surface area contributed by atoms with E-state index >= 15 is 0 Å². The van der Waals surface area contributed by atoms with Crippen LogP contribution in [0.15, 0.2) is 95.9 Å². The number of imidazole rings is 1. The highest BCUT2D eigenvalue weighted by Crippen LogP contribution is 2.40. The predicted octanol–water partition coefficient (Wildman–Crippen LogP) is 4.91. The van der Waals surface area contributed by atoms with Crippen LogP contribution in [0.5, 0.6) is 0 Å². The van der Waals surface area contributed by atoms with Crippen LogP contribution in [0.25, 0.3) is 6.08 Å². The van der Waals surface area contributed by atoms with Crippen molar-refractivity contribution in [3.8, 4) is 0 Å². The van der Waals surface area contributed by atoms with Gasteiger partial charge in [0.15, 0.2) is 0 Å². The monoisotopic (exact) mass is 586 g/mol. The second-order valence-electron chi connectivity index (χ2n) is 9.80. The molecule has 0 bridgehead atoms. The number of carbonyl (C=O) groups is 2. The summed E-state index contributed by atoms with van der Waals surface area (Å²) in [5.41, 5.74) is 3.78. The maximum atomic E-state index is 13.3. The summed E-state index contributed by atoms with van der Waals surface area (Å²) < 4.78 is 18.4. The number of nitrogens with zero attached hydrogens (tertiary/aromatic N) is 3. The Morgan fingerprint density at radius 2 is 1.77 bits per heavy atom. The Morgan fingerprint density at radius 1 is 1.05 bits per heavy atom. The third-order valence-corrected chi connectivity index (χ3v) is 6.78. The highest BCUT2D eigenvalue weighted by molar-refractivity contribution is 6.00. The van der Waals surface area contributed by atoms with E-state index in [0.29, 0.717) is 23.6 Å². The van der Waals surface area contributed by atoms with Crippen LogP contribution in [0, 0.1) is 10.1 Å². The average molecular weight is 587 g/mol. The van der Waals surface area contributed by atoms with Gasteiger partial charge in [-0.2, -0.15) is 0 Å². The number of carbonyl (C=O) groups excluding carboxylic acids is 2. The zero-order valence-corrected chi connectivity index (χ0v) is 24.3. The van der Waals surface area contributed by atoms with Gasteiger partial charge < -0.3 is 24.1 Å². The van der Waals surface area contributed by atoms with Crippen molar-refractivity contribution in [2.45, 2.75) is 33.2 Å². The van der Waals surface area contributed by atoms with E-state index in [2.05, 4.69) is 22.4 Å². The number of ether oxygens (including phenoxy) is 3. The molecular formula is C32H34N4O7. The highest BCUT2D eigenvalue weighted by Gasteiger charge is 2.38. The molecule has 0 saturated heterocycles. The fraction of sp³-hybridized carbons (Fsp3) is 0.281. The third kappa shape index (κ3) is 8.04. The second-order valence-corrected chi connectivity index (χ2v) is 9.80. The molecule has 1 atom stereocenters. The summed E-state index contributed by atoms with van der Waals surface area (Å²) >= 11 is 0. The molecule has 0 amide bonds. The Morgan fingerprint density at radius 3 is 2.42 bits per heavy atom. The molecule has 43 heavy (non-hydrogen) atoms. The number of allylic oxidation sites excluding steroid dienone is 2. The first-order chi connectivity index (χ1) is 20.8. The number of non-ortho nitro benzene ring substituents is 1. The molecule has 3 aromatic rings. The zero-order chi connectivity index (χ0) is 30.8. The molecule has 2 aromatic carbocycles. The van der Waals surface area contributed by atoms with Crippen molar-refractivity contribution in [2.24, 2.45) is 0 Å². The Balaban J connectivity index is 1.35. The molecule has 11 nitrogen and oxygen atoms in total. The first kappa shape index (κ1) is 30.9. The fourth-order valence-electron chi connectivity index (χ4n) is 4.83. The fourth-order valence-corrected chi connectivity index (χ4v) is 4.83. The lowest BCUT2D eigenvalue weighted by Gasteiger charge is -2.30. The van der Waals surface area contributed by atoms with E-state index in [0.717, 1.165) is 12.1 Å². The van der Waals surface area contributed by atoms with E-state index < -0.39 is 22.8 Å². The lowest BCUT2D eigenvalue weighted by Crippen LogP contribution is -2.32. The molecule has 2 heterocycles. The van der Waals surface area contributed by atoms with Gasteiger partial charge in [0.1, 0.15) is 6.61 Å². The smallest absolute Gasteiger partial charge is 0.336 e. The number of nitro benzene ring substituents is 1. The second kappa shape index (κ2) is 14.7. The normalized spacial score (nSPS) is 15.0. The van der Waals surface area contributed by atoms with Gasteiger partial charge in [0.25, 0.3) is 5.69 Å². The number of dihydropyridines is 1. The summed E-state index contributed by atoms with van der Waals surface area (Å²) in [6.45, 7) is 6.40.